The highest BCUT2D eigenvalue weighted by Crippen LogP contribution is 2.15. The molecule has 1 unspecified atom stereocenters. The molecule has 158 valence electrons. The summed E-state index contributed by atoms with van der Waals surface area (Å²) in [5.74, 6) is 0. The van der Waals surface area contributed by atoms with Gasteiger partial charge in [-0.1, -0.05) is 91.9 Å². The lowest BCUT2D eigenvalue weighted by atomic mass is 9.99. The number of allylic oxidation sites excluding steroid dienone is 1. The molecule has 0 fully saturated rings. The molecular formula is C28H29FN2. The van der Waals surface area contributed by atoms with Crippen molar-refractivity contribution in [2.45, 2.75) is 38.8 Å². The first kappa shape index (κ1) is 22.4. The Labute approximate surface area is 184 Å². The number of hydrogen-bond acceptors (Lipinski definition) is 2. The third-order valence-corrected chi connectivity index (χ3v) is 5.16. The lowest BCUT2D eigenvalue weighted by Gasteiger charge is -2.08. The van der Waals surface area contributed by atoms with Gasteiger partial charge in [0.15, 0.2) is 0 Å². The number of rotatable bonds is 10. The summed E-state index contributed by atoms with van der Waals surface area (Å²) < 4.78 is 13.7. The second kappa shape index (κ2) is 11.8. The van der Waals surface area contributed by atoms with E-state index in [0.29, 0.717) is 12.8 Å². The fourth-order valence-corrected chi connectivity index (χ4v) is 3.27. The summed E-state index contributed by atoms with van der Waals surface area (Å²) in [7, 11) is 0. The maximum absolute atomic E-state index is 13.7. The van der Waals surface area contributed by atoms with Crippen LogP contribution >= 0.6 is 0 Å². The third-order valence-electron chi connectivity index (χ3n) is 5.16. The molecular weight excluding hydrogens is 383 g/mol. The molecule has 3 aromatic carbocycles. The largest absolute Gasteiger partial charge is 0.247 e. The zero-order valence-corrected chi connectivity index (χ0v) is 18.0. The first-order valence-electron chi connectivity index (χ1n) is 10.8. The Kier molecular flexibility index (Phi) is 8.48. The Morgan fingerprint density at radius 3 is 2.19 bits per heavy atom. The van der Waals surface area contributed by atoms with Gasteiger partial charge in [-0.15, -0.1) is 11.7 Å². The molecule has 31 heavy (non-hydrogen) atoms. The van der Waals surface area contributed by atoms with Crippen LogP contribution in [0.25, 0.3) is 0 Å². The zero-order chi connectivity index (χ0) is 21.9. The van der Waals surface area contributed by atoms with Crippen molar-refractivity contribution in [3.63, 3.8) is 0 Å². The van der Waals surface area contributed by atoms with Crippen LogP contribution in [0.3, 0.4) is 0 Å². The summed E-state index contributed by atoms with van der Waals surface area (Å²) in [5.41, 5.74) is 6.01. The Hall–Kier alpha value is -3.33. The van der Waals surface area contributed by atoms with Crippen LogP contribution in [-0.4, -0.2) is 18.1 Å². The molecule has 0 spiro atoms. The van der Waals surface area contributed by atoms with Crippen LogP contribution in [-0.2, 0) is 12.8 Å². The molecule has 3 aromatic rings. The van der Waals surface area contributed by atoms with Crippen molar-refractivity contribution in [1.29, 1.82) is 0 Å². The quantitative estimate of drug-likeness (QED) is 0.195. The average molecular weight is 413 g/mol. The number of aryl methyl sites for hydroxylation is 1. The molecule has 0 saturated carbocycles. The minimum Gasteiger partial charge on any atom is -0.247 e. The molecule has 3 rings (SSSR count). The highest BCUT2D eigenvalue weighted by atomic mass is 19.1. The molecule has 0 aliphatic heterocycles. The van der Waals surface area contributed by atoms with Crippen LogP contribution in [0.5, 0.6) is 0 Å². The van der Waals surface area contributed by atoms with E-state index in [0.717, 1.165) is 40.8 Å². The molecule has 1 atom stereocenters. The van der Waals surface area contributed by atoms with E-state index in [9.17, 15) is 4.39 Å². The van der Waals surface area contributed by atoms with E-state index in [1.54, 1.807) is 6.21 Å². The fraction of sp³-hybridized carbons (Fsp3) is 0.214. The maximum Gasteiger partial charge on any atom is 0.104 e. The SMILES string of the molecule is C=CCCc1ccc(C=NN=C(c2ccccc2)c2ccc(CC(F)CC)cc2)cc1. The van der Waals surface area contributed by atoms with Gasteiger partial charge in [0.25, 0.3) is 0 Å². The zero-order valence-electron chi connectivity index (χ0n) is 18.0. The van der Waals surface area contributed by atoms with Gasteiger partial charge in [-0.3, -0.25) is 0 Å². The molecule has 0 amide bonds. The number of halogens is 1. The van der Waals surface area contributed by atoms with E-state index in [-0.39, 0.29) is 0 Å². The minimum atomic E-state index is -0.805. The molecule has 0 aromatic heterocycles. The Morgan fingerprint density at radius 2 is 1.55 bits per heavy atom. The van der Waals surface area contributed by atoms with Gasteiger partial charge >= 0.3 is 0 Å². The minimum absolute atomic E-state index is 0.440. The Bertz CT molecular complexity index is 1000. The summed E-state index contributed by atoms with van der Waals surface area (Å²) in [6, 6.07) is 26.2. The van der Waals surface area contributed by atoms with Crippen molar-refractivity contribution in [2.24, 2.45) is 10.2 Å². The Balaban J connectivity index is 1.81. The van der Waals surface area contributed by atoms with E-state index in [4.69, 9.17) is 0 Å². The lowest BCUT2D eigenvalue weighted by molar-refractivity contribution is 0.323. The number of alkyl halides is 1. The molecule has 3 heteroatoms. The van der Waals surface area contributed by atoms with Crippen molar-refractivity contribution in [1.82, 2.24) is 0 Å². The monoisotopic (exact) mass is 412 g/mol. The number of hydrogen-bond donors (Lipinski definition) is 0. The fourth-order valence-electron chi connectivity index (χ4n) is 3.27. The molecule has 0 saturated heterocycles. The molecule has 0 bridgehead atoms. The predicted molar refractivity (Wildman–Crippen MR) is 130 cm³/mol. The van der Waals surface area contributed by atoms with Gasteiger partial charge in [0, 0.05) is 17.5 Å². The van der Waals surface area contributed by atoms with Crippen LogP contribution < -0.4 is 0 Å². The van der Waals surface area contributed by atoms with Gasteiger partial charge in [0.1, 0.15) is 11.9 Å². The molecule has 0 aliphatic rings. The lowest BCUT2D eigenvalue weighted by Crippen LogP contribution is -2.05. The second-order valence-corrected chi connectivity index (χ2v) is 7.53. The maximum atomic E-state index is 13.7. The van der Waals surface area contributed by atoms with Crippen LogP contribution in [0.4, 0.5) is 4.39 Å². The molecule has 0 radical (unpaired) electrons. The highest BCUT2D eigenvalue weighted by molar-refractivity contribution is 6.13. The van der Waals surface area contributed by atoms with E-state index in [1.165, 1.54) is 5.56 Å². The van der Waals surface area contributed by atoms with Gasteiger partial charge in [-0.25, -0.2) is 4.39 Å². The highest BCUT2D eigenvalue weighted by Gasteiger charge is 2.09. The van der Waals surface area contributed by atoms with Crippen molar-refractivity contribution in [3.8, 4) is 0 Å². The molecule has 0 heterocycles. The van der Waals surface area contributed by atoms with Gasteiger partial charge in [-0.2, -0.15) is 5.10 Å². The summed E-state index contributed by atoms with van der Waals surface area (Å²) in [4.78, 5) is 0. The smallest absolute Gasteiger partial charge is 0.104 e. The van der Waals surface area contributed by atoms with Gasteiger partial charge < -0.3 is 0 Å². The van der Waals surface area contributed by atoms with Crippen molar-refractivity contribution in [3.05, 3.63) is 119 Å². The summed E-state index contributed by atoms with van der Waals surface area (Å²) >= 11 is 0. The number of benzene rings is 3. The average Bonchev–Trinajstić information content (AvgIpc) is 2.82. The van der Waals surface area contributed by atoms with Crippen LogP contribution in [0, 0.1) is 0 Å². The standard InChI is InChI=1S/C28H29FN2/c1-3-5-9-22-12-14-24(15-13-22)21-30-31-28(25-10-7-6-8-11-25)26-18-16-23(17-19-26)20-27(29)4-2/h3,6-8,10-19,21,27H,1,4-5,9,20H2,2H3. The predicted octanol–water partition coefficient (Wildman–Crippen LogP) is 6.97. The third kappa shape index (κ3) is 6.85. The van der Waals surface area contributed by atoms with E-state index in [2.05, 4.69) is 41.0 Å². The topological polar surface area (TPSA) is 24.7 Å². The number of nitrogens with zero attached hydrogens (tertiary/aromatic N) is 2. The first-order chi connectivity index (χ1) is 15.2. The first-order valence-corrected chi connectivity index (χ1v) is 10.8. The van der Waals surface area contributed by atoms with E-state index < -0.39 is 6.17 Å². The molecule has 0 aliphatic carbocycles. The van der Waals surface area contributed by atoms with Crippen molar-refractivity contribution < 1.29 is 4.39 Å². The summed E-state index contributed by atoms with van der Waals surface area (Å²) in [5, 5.41) is 8.89. The Morgan fingerprint density at radius 1 is 0.903 bits per heavy atom. The van der Waals surface area contributed by atoms with Crippen LogP contribution in [0.2, 0.25) is 0 Å². The van der Waals surface area contributed by atoms with Gasteiger partial charge in [0.2, 0.25) is 0 Å². The van der Waals surface area contributed by atoms with Crippen LogP contribution in [0.1, 0.15) is 47.6 Å². The van der Waals surface area contributed by atoms with Gasteiger partial charge in [0.05, 0.1) is 6.21 Å². The summed E-state index contributed by atoms with van der Waals surface area (Å²) in [6.45, 7) is 5.64. The van der Waals surface area contributed by atoms with Crippen molar-refractivity contribution in [2.75, 3.05) is 0 Å². The second-order valence-electron chi connectivity index (χ2n) is 7.53. The van der Waals surface area contributed by atoms with Crippen LogP contribution in [0.15, 0.2) is 102 Å². The van der Waals surface area contributed by atoms with Gasteiger partial charge in [-0.05, 0) is 36.0 Å². The van der Waals surface area contributed by atoms with E-state index >= 15 is 0 Å². The van der Waals surface area contributed by atoms with E-state index in [1.807, 2.05) is 67.6 Å². The molecule has 0 N–H and O–H groups in total. The summed E-state index contributed by atoms with van der Waals surface area (Å²) in [6.07, 6.45) is 5.83. The van der Waals surface area contributed by atoms with Crippen molar-refractivity contribution >= 4 is 11.9 Å². The normalized spacial score (nSPS) is 12.8. The molecule has 2 nitrogen and oxygen atoms in total.